The van der Waals surface area contributed by atoms with E-state index in [0.717, 1.165) is 35.1 Å². The molecule has 222 valence electrons. The molecule has 10 nitrogen and oxygen atoms in total. The van der Waals surface area contributed by atoms with E-state index >= 15 is 0 Å². The SMILES string of the molecule is CC(C)Oc1cc(C#N)ccc1C1=NC(c2ccc(C(=O)O)cc2)C(c2ccc(Br)cc2)N1C=O.CN1CCNC(=O)C1. The van der Waals surface area contributed by atoms with Crippen LogP contribution >= 0.6 is 15.9 Å². The van der Waals surface area contributed by atoms with Gasteiger partial charge in [-0.1, -0.05) is 40.2 Å². The minimum atomic E-state index is -1.01. The third-order valence-electron chi connectivity index (χ3n) is 6.87. The fourth-order valence-corrected chi connectivity index (χ4v) is 5.12. The zero-order chi connectivity index (χ0) is 31.1. The number of aromatic carboxylic acids is 1. The van der Waals surface area contributed by atoms with Crippen molar-refractivity contribution in [3.63, 3.8) is 0 Å². The van der Waals surface area contributed by atoms with E-state index in [2.05, 4.69) is 27.3 Å². The molecule has 0 saturated carbocycles. The minimum Gasteiger partial charge on any atom is -0.490 e. The molecule has 2 heterocycles. The van der Waals surface area contributed by atoms with Gasteiger partial charge in [0.25, 0.3) is 0 Å². The summed E-state index contributed by atoms with van der Waals surface area (Å²) in [6, 6.07) is 20.4. The monoisotopic (exact) mass is 645 g/mol. The molecule has 0 bridgehead atoms. The zero-order valence-corrected chi connectivity index (χ0v) is 25.6. The van der Waals surface area contributed by atoms with Crippen LogP contribution in [0.25, 0.3) is 0 Å². The van der Waals surface area contributed by atoms with Gasteiger partial charge in [0.05, 0.1) is 41.5 Å². The lowest BCUT2D eigenvalue weighted by Crippen LogP contribution is -2.45. The van der Waals surface area contributed by atoms with E-state index in [-0.39, 0.29) is 17.6 Å². The molecule has 0 spiro atoms. The van der Waals surface area contributed by atoms with E-state index in [1.807, 2.05) is 50.1 Å². The summed E-state index contributed by atoms with van der Waals surface area (Å²) in [6.45, 7) is 6.10. The van der Waals surface area contributed by atoms with Gasteiger partial charge >= 0.3 is 5.97 Å². The van der Waals surface area contributed by atoms with E-state index in [9.17, 15) is 24.8 Å². The molecular weight excluding hydrogens is 614 g/mol. The smallest absolute Gasteiger partial charge is 0.335 e. The molecule has 1 saturated heterocycles. The lowest BCUT2D eigenvalue weighted by Gasteiger charge is -2.27. The van der Waals surface area contributed by atoms with Crippen LogP contribution in [0.4, 0.5) is 0 Å². The van der Waals surface area contributed by atoms with Gasteiger partial charge in [-0.05, 0) is 74.5 Å². The zero-order valence-electron chi connectivity index (χ0n) is 24.0. The fourth-order valence-electron chi connectivity index (χ4n) is 4.85. The van der Waals surface area contributed by atoms with Crippen molar-refractivity contribution in [3.8, 4) is 11.8 Å². The number of nitriles is 1. The molecule has 43 heavy (non-hydrogen) atoms. The number of amides is 2. The first-order valence-electron chi connectivity index (χ1n) is 13.7. The molecule has 0 radical (unpaired) electrons. The number of halogens is 1. The number of benzene rings is 3. The van der Waals surface area contributed by atoms with Crippen LogP contribution in [0.15, 0.2) is 76.2 Å². The predicted molar refractivity (Wildman–Crippen MR) is 165 cm³/mol. The third-order valence-corrected chi connectivity index (χ3v) is 7.40. The second kappa shape index (κ2) is 14.1. The molecule has 2 amide bonds. The molecule has 2 N–H and O–H groups in total. The Hall–Kier alpha value is -4.53. The molecular formula is C32H32BrN5O5. The molecule has 3 aromatic rings. The molecule has 2 aliphatic rings. The summed E-state index contributed by atoms with van der Waals surface area (Å²) in [6.07, 6.45) is 0.588. The molecule has 5 rings (SSSR count). The highest BCUT2D eigenvalue weighted by atomic mass is 79.9. The second-order valence-electron chi connectivity index (χ2n) is 10.4. The molecule has 1 fully saturated rings. The summed E-state index contributed by atoms with van der Waals surface area (Å²) in [5, 5.41) is 21.4. The fraction of sp³-hybridized carbons (Fsp3) is 0.281. The van der Waals surface area contributed by atoms with Gasteiger partial charge in [0, 0.05) is 17.6 Å². The summed E-state index contributed by atoms with van der Waals surface area (Å²) < 4.78 is 6.89. The Morgan fingerprint density at radius 2 is 1.81 bits per heavy atom. The number of aliphatic imine (C=N–C) groups is 1. The lowest BCUT2D eigenvalue weighted by molar-refractivity contribution is -0.123. The van der Waals surface area contributed by atoms with Crippen molar-refractivity contribution in [1.29, 1.82) is 5.26 Å². The van der Waals surface area contributed by atoms with Crippen molar-refractivity contribution in [2.24, 2.45) is 4.99 Å². The number of carboxylic acid groups (broad SMARTS) is 1. The van der Waals surface area contributed by atoms with E-state index in [4.69, 9.17) is 9.73 Å². The predicted octanol–water partition coefficient (Wildman–Crippen LogP) is 4.56. The van der Waals surface area contributed by atoms with Gasteiger partial charge < -0.3 is 15.2 Å². The van der Waals surface area contributed by atoms with Crippen LogP contribution in [0.2, 0.25) is 0 Å². The Kier molecular flexibility index (Phi) is 10.3. The minimum absolute atomic E-state index is 0.138. The summed E-state index contributed by atoms with van der Waals surface area (Å²) >= 11 is 3.45. The Labute approximate surface area is 258 Å². The van der Waals surface area contributed by atoms with E-state index in [1.165, 1.54) is 12.1 Å². The maximum Gasteiger partial charge on any atom is 0.335 e. The Bertz CT molecular complexity index is 1550. The van der Waals surface area contributed by atoms with E-state index in [1.54, 1.807) is 35.2 Å². The number of nitrogens with one attached hydrogen (secondary N) is 1. The van der Waals surface area contributed by atoms with Gasteiger partial charge in [0.15, 0.2) is 0 Å². The van der Waals surface area contributed by atoms with Crippen molar-refractivity contribution in [1.82, 2.24) is 15.1 Å². The first-order valence-corrected chi connectivity index (χ1v) is 14.5. The van der Waals surface area contributed by atoms with E-state index < -0.39 is 18.1 Å². The first kappa shape index (κ1) is 31.4. The second-order valence-corrected chi connectivity index (χ2v) is 11.3. The number of nitrogens with zero attached hydrogens (tertiary/aromatic N) is 4. The Morgan fingerprint density at radius 3 is 2.35 bits per heavy atom. The van der Waals surface area contributed by atoms with Crippen molar-refractivity contribution in [3.05, 3.63) is 99.0 Å². The number of carbonyl (C=O) groups is 3. The highest BCUT2D eigenvalue weighted by molar-refractivity contribution is 9.10. The number of carboxylic acids is 1. The van der Waals surface area contributed by atoms with Gasteiger partial charge in [0.2, 0.25) is 12.3 Å². The summed E-state index contributed by atoms with van der Waals surface area (Å²) in [5.74, 6) is -0.000556. The van der Waals surface area contributed by atoms with Crippen LogP contribution in [-0.4, -0.2) is 71.8 Å². The lowest BCUT2D eigenvalue weighted by atomic mass is 9.93. The largest absolute Gasteiger partial charge is 0.490 e. The van der Waals surface area contributed by atoms with Crippen molar-refractivity contribution < 1.29 is 24.2 Å². The molecule has 2 aliphatic heterocycles. The Balaban J connectivity index is 0.000000458. The van der Waals surface area contributed by atoms with Crippen molar-refractivity contribution in [2.45, 2.75) is 32.0 Å². The van der Waals surface area contributed by atoms with Crippen LogP contribution in [0.3, 0.4) is 0 Å². The average Bonchev–Trinajstić information content (AvgIpc) is 3.37. The van der Waals surface area contributed by atoms with Gasteiger partial charge in [-0.25, -0.2) is 4.79 Å². The number of hydrogen-bond acceptors (Lipinski definition) is 7. The van der Waals surface area contributed by atoms with Gasteiger partial charge in [-0.3, -0.25) is 24.4 Å². The summed E-state index contributed by atoms with van der Waals surface area (Å²) in [5.41, 5.74) is 2.83. The van der Waals surface area contributed by atoms with Crippen LogP contribution in [0.1, 0.15) is 58.5 Å². The number of carbonyl (C=O) groups excluding carboxylic acids is 2. The molecule has 11 heteroatoms. The Morgan fingerprint density at radius 1 is 1.14 bits per heavy atom. The van der Waals surface area contributed by atoms with Crippen LogP contribution in [-0.2, 0) is 9.59 Å². The molecule has 0 aliphatic carbocycles. The number of amidine groups is 1. The summed E-state index contributed by atoms with van der Waals surface area (Å²) in [7, 11) is 1.94. The number of likely N-dealkylation sites (N-methyl/N-ethyl adjacent to an activating group) is 1. The highest BCUT2D eigenvalue weighted by Gasteiger charge is 2.39. The number of piperazine rings is 1. The maximum atomic E-state index is 12.5. The molecule has 2 unspecified atom stereocenters. The molecule has 0 aromatic heterocycles. The van der Waals surface area contributed by atoms with Crippen molar-refractivity contribution >= 4 is 40.1 Å². The number of rotatable bonds is 7. The average molecular weight is 647 g/mol. The number of ether oxygens (including phenoxy) is 1. The van der Waals surface area contributed by atoms with Crippen molar-refractivity contribution in [2.75, 3.05) is 26.7 Å². The third kappa shape index (κ3) is 7.66. The molecule has 3 aromatic carbocycles. The maximum absolute atomic E-state index is 12.5. The topological polar surface area (TPSA) is 135 Å². The molecule has 2 atom stereocenters. The number of hydrogen-bond donors (Lipinski definition) is 2. The van der Waals surface area contributed by atoms with Gasteiger partial charge in [-0.2, -0.15) is 5.26 Å². The summed E-state index contributed by atoms with van der Waals surface area (Å²) in [4.78, 5) is 42.9. The quantitative estimate of drug-likeness (QED) is 0.360. The highest BCUT2D eigenvalue weighted by Crippen LogP contribution is 2.44. The van der Waals surface area contributed by atoms with Gasteiger partial charge in [0.1, 0.15) is 17.6 Å². The normalized spacial score (nSPS) is 18.2. The first-order chi connectivity index (χ1) is 20.6. The van der Waals surface area contributed by atoms with Crippen LogP contribution in [0.5, 0.6) is 5.75 Å². The standard InChI is InChI=1S/C27H22BrN3O4.C5H10N2O/c1-16(2)35-23-13-17(14-29)3-12-22(23)26-30-24(18-4-6-20(7-5-18)27(33)34)25(31(26)15-32)19-8-10-21(28)11-9-19;1-7-3-2-6-5(8)4-7/h3-13,15-16,24-25H,1-2H3,(H,33,34);2-4H2,1H3,(H,6,8). The van der Waals surface area contributed by atoms with Gasteiger partial charge in [-0.15, -0.1) is 0 Å². The van der Waals surface area contributed by atoms with Crippen LogP contribution < -0.4 is 10.1 Å². The van der Waals surface area contributed by atoms with E-state index in [0.29, 0.717) is 29.3 Å². The van der Waals surface area contributed by atoms with Crippen LogP contribution in [0, 0.1) is 11.3 Å².